The van der Waals surface area contributed by atoms with Gasteiger partial charge in [0.25, 0.3) is 0 Å². The Morgan fingerprint density at radius 1 is 0.564 bits per heavy atom. The van der Waals surface area contributed by atoms with Gasteiger partial charge in [0, 0.05) is 0 Å². The van der Waals surface area contributed by atoms with E-state index in [2.05, 4.69) is 205 Å². The third-order valence-electron chi connectivity index (χ3n) is 10.6. The predicted octanol–water partition coefficient (Wildman–Crippen LogP) is 6.65. The molecule has 0 amide bonds. The second-order valence-electron chi connectivity index (χ2n) is 16.4. The van der Waals surface area contributed by atoms with E-state index in [1.54, 1.807) is 0 Å². The molecule has 0 nitrogen and oxygen atoms in total. The van der Waals surface area contributed by atoms with Gasteiger partial charge in [-0.3, -0.25) is 0 Å². The third kappa shape index (κ3) is 8.51. The molecule has 3 heteroatoms. The summed E-state index contributed by atoms with van der Waals surface area (Å²) in [4.78, 5) is 0. The summed E-state index contributed by atoms with van der Waals surface area (Å²) in [5, 5.41) is 7.91. The standard InChI is InChI=1S/C52H47.2ClH.Zr/c1-51(2,3)43-29-30-44-42(33-43)34-47-48(41-19-13-14-20-41)50(52(4,5)6)46(32-36-23-27-40(28-24-36)38-17-11-8-12-18-38)45(49(44)47)31-35-21-25-39(26-22-35)37-15-9-7-10-16-37;;;/h7-19,21-34H,20H2,1-6H3;2*1H;/q-1;;;+3/p-2. The van der Waals surface area contributed by atoms with Crippen LogP contribution < -0.4 is 35.3 Å². The molecule has 0 unspecified atom stereocenters. The Kier molecular flexibility index (Phi) is 12.9. The van der Waals surface area contributed by atoms with Crippen LogP contribution in [0.5, 0.6) is 0 Å². The molecular weight excluding hydrogens is 787 g/mol. The molecule has 8 rings (SSSR count). The van der Waals surface area contributed by atoms with Gasteiger partial charge >= 0.3 is 26.2 Å². The topological polar surface area (TPSA) is 0 Å². The SMILES string of the molecule is CC(C)(C)c1ccc2c(c1)[cH-]c1c(C3=CC=CC3)c(C(C)(C)C)c(=Cc3ccc(-c4ccccc4)cc3)c(=Cc3ccc(-c4ccccc4)cc3)c12.[Cl-].[Cl-].[Zr+3]. The summed E-state index contributed by atoms with van der Waals surface area (Å²) in [5.74, 6) is 0. The smallest absolute Gasteiger partial charge is 1.00 e. The van der Waals surface area contributed by atoms with Crippen molar-refractivity contribution in [3.63, 3.8) is 0 Å². The van der Waals surface area contributed by atoms with Gasteiger partial charge in [-0.15, -0.1) is 33.7 Å². The number of benzene rings is 6. The average molecular weight is 834 g/mol. The maximum absolute atomic E-state index is 2.48. The fourth-order valence-electron chi connectivity index (χ4n) is 7.96. The number of allylic oxidation sites excluding steroid dienone is 4. The minimum atomic E-state index is -0.122. The fraction of sp³-hybridized carbons (Fsp3) is 0.173. The normalized spacial score (nSPS) is 13.4. The van der Waals surface area contributed by atoms with Gasteiger partial charge in [0.15, 0.2) is 0 Å². The quantitative estimate of drug-likeness (QED) is 0.171. The van der Waals surface area contributed by atoms with E-state index in [0.29, 0.717) is 0 Å². The van der Waals surface area contributed by atoms with Crippen LogP contribution in [-0.2, 0) is 37.0 Å². The van der Waals surface area contributed by atoms with Crippen molar-refractivity contribution in [3.8, 4) is 22.3 Å². The first-order valence-electron chi connectivity index (χ1n) is 18.7. The zero-order chi connectivity index (χ0) is 36.0. The van der Waals surface area contributed by atoms with Crippen LogP contribution in [-0.4, -0.2) is 0 Å². The van der Waals surface area contributed by atoms with Gasteiger partial charge in [-0.1, -0.05) is 215 Å². The zero-order valence-corrected chi connectivity index (χ0v) is 36.5. The molecule has 0 N–H and O–H groups in total. The van der Waals surface area contributed by atoms with Crippen LogP contribution in [0.2, 0.25) is 0 Å². The first kappa shape index (κ1) is 42.0. The van der Waals surface area contributed by atoms with Gasteiger partial charge in [0.05, 0.1) is 0 Å². The van der Waals surface area contributed by atoms with Crippen LogP contribution in [0.1, 0.15) is 75.8 Å². The monoisotopic (exact) mass is 831 g/mol. The Balaban J connectivity index is 0.00000193. The molecule has 0 spiro atoms. The molecule has 273 valence electrons. The van der Waals surface area contributed by atoms with Crippen LogP contribution >= 0.6 is 0 Å². The summed E-state index contributed by atoms with van der Waals surface area (Å²) in [6.07, 6.45) is 12.7. The van der Waals surface area contributed by atoms with E-state index in [9.17, 15) is 0 Å². The molecule has 0 bridgehead atoms. The Labute approximate surface area is 358 Å². The van der Waals surface area contributed by atoms with Crippen molar-refractivity contribution in [3.05, 3.63) is 190 Å². The van der Waals surface area contributed by atoms with Crippen molar-refractivity contribution < 1.29 is 51.0 Å². The molecule has 0 aliphatic heterocycles. The van der Waals surface area contributed by atoms with Crippen molar-refractivity contribution in [2.24, 2.45) is 0 Å². The Morgan fingerprint density at radius 2 is 1.07 bits per heavy atom. The minimum Gasteiger partial charge on any atom is -1.00 e. The molecule has 1 aliphatic carbocycles. The van der Waals surface area contributed by atoms with E-state index < -0.39 is 0 Å². The molecule has 1 aliphatic rings. The second kappa shape index (κ2) is 16.9. The molecule has 0 fully saturated rings. The number of fused-ring (bicyclic) bond motifs is 3. The van der Waals surface area contributed by atoms with E-state index in [4.69, 9.17) is 0 Å². The van der Waals surface area contributed by atoms with Crippen molar-refractivity contribution in [2.45, 2.75) is 58.8 Å². The van der Waals surface area contributed by atoms with Gasteiger partial charge in [0.1, 0.15) is 0 Å². The van der Waals surface area contributed by atoms with Crippen molar-refractivity contribution in [1.29, 1.82) is 0 Å². The van der Waals surface area contributed by atoms with Crippen molar-refractivity contribution >= 4 is 39.3 Å². The van der Waals surface area contributed by atoms with E-state index in [0.717, 1.165) is 6.42 Å². The maximum atomic E-state index is 2.48. The fourth-order valence-corrected chi connectivity index (χ4v) is 7.96. The van der Waals surface area contributed by atoms with Crippen molar-refractivity contribution in [2.75, 3.05) is 0 Å². The van der Waals surface area contributed by atoms with Crippen LogP contribution in [0, 0.1) is 0 Å². The molecular formula is C52H47Cl2Zr. The minimum absolute atomic E-state index is 0. The van der Waals surface area contributed by atoms with Crippen molar-refractivity contribution in [1.82, 2.24) is 0 Å². The van der Waals surface area contributed by atoms with E-state index in [-0.39, 0.29) is 61.8 Å². The van der Waals surface area contributed by atoms with Gasteiger partial charge in [0.2, 0.25) is 0 Å². The molecule has 1 radical (unpaired) electrons. The van der Waals surface area contributed by atoms with Crippen LogP contribution in [0.3, 0.4) is 0 Å². The first-order valence-corrected chi connectivity index (χ1v) is 18.7. The summed E-state index contributed by atoms with van der Waals surface area (Å²) in [5.41, 5.74) is 12.8. The molecule has 0 saturated carbocycles. The van der Waals surface area contributed by atoms with Gasteiger partial charge < -0.3 is 24.8 Å². The Morgan fingerprint density at radius 3 is 1.55 bits per heavy atom. The number of halogens is 2. The molecule has 0 heterocycles. The van der Waals surface area contributed by atoms with Gasteiger partial charge in [-0.05, 0) is 61.9 Å². The molecule has 7 aromatic carbocycles. The second-order valence-corrected chi connectivity index (χ2v) is 16.4. The number of hydrogen-bond acceptors (Lipinski definition) is 0. The van der Waals surface area contributed by atoms with Crippen LogP contribution in [0.15, 0.2) is 152 Å². The summed E-state index contributed by atoms with van der Waals surface area (Å²) in [7, 11) is 0. The largest absolute Gasteiger partial charge is 3.00 e. The molecule has 0 saturated heterocycles. The summed E-state index contributed by atoms with van der Waals surface area (Å²) < 4.78 is 0. The van der Waals surface area contributed by atoms with Crippen LogP contribution in [0.25, 0.3) is 61.5 Å². The molecule has 55 heavy (non-hydrogen) atoms. The Hall–Kier alpha value is -4.13. The van der Waals surface area contributed by atoms with E-state index >= 15 is 0 Å². The molecule has 0 aromatic heterocycles. The molecule has 7 aromatic rings. The van der Waals surface area contributed by atoms with Crippen LogP contribution in [0.4, 0.5) is 0 Å². The summed E-state index contributed by atoms with van der Waals surface area (Å²) >= 11 is 0. The average Bonchev–Trinajstić information content (AvgIpc) is 3.81. The Bertz CT molecular complexity index is 2610. The first-order chi connectivity index (χ1) is 25.0. The molecule has 0 atom stereocenters. The zero-order valence-electron chi connectivity index (χ0n) is 32.6. The summed E-state index contributed by atoms with van der Waals surface area (Å²) in [6.45, 7) is 14.1. The van der Waals surface area contributed by atoms with E-state index in [1.807, 2.05) is 0 Å². The number of rotatable bonds is 5. The van der Waals surface area contributed by atoms with E-state index in [1.165, 1.54) is 87.6 Å². The van der Waals surface area contributed by atoms with Gasteiger partial charge in [-0.2, -0.15) is 0 Å². The summed E-state index contributed by atoms with van der Waals surface area (Å²) in [6, 6.07) is 49.1. The maximum Gasteiger partial charge on any atom is 3.00 e. The predicted molar refractivity (Wildman–Crippen MR) is 226 cm³/mol. The van der Waals surface area contributed by atoms with Gasteiger partial charge in [-0.25, -0.2) is 0 Å². The third-order valence-corrected chi connectivity index (χ3v) is 10.6. The number of hydrogen-bond donors (Lipinski definition) is 0.